The van der Waals surface area contributed by atoms with Gasteiger partial charge in [-0.25, -0.2) is 14.4 Å². The molecule has 0 spiro atoms. The summed E-state index contributed by atoms with van der Waals surface area (Å²) in [6, 6.07) is 12.1. The lowest BCUT2D eigenvalue weighted by Crippen LogP contribution is -2.45. The van der Waals surface area contributed by atoms with E-state index in [1.807, 2.05) is 34.7 Å². The number of hydrogen-bond donors (Lipinski definition) is 1. The number of hydrogen-bond acceptors (Lipinski definition) is 5. The molecule has 0 bridgehead atoms. The second-order valence-corrected chi connectivity index (χ2v) is 9.08. The monoisotopic (exact) mass is 463 g/mol. The van der Waals surface area contributed by atoms with Gasteiger partial charge in [0, 0.05) is 25.1 Å². The number of nitrogens with one attached hydrogen (secondary N) is 1. The fourth-order valence-electron chi connectivity index (χ4n) is 4.87. The first-order chi connectivity index (χ1) is 16.6. The van der Waals surface area contributed by atoms with Crippen molar-refractivity contribution in [3.05, 3.63) is 60.2 Å². The van der Waals surface area contributed by atoms with Crippen LogP contribution in [-0.4, -0.2) is 45.0 Å². The van der Waals surface area contributed by atoms with Gasteiger partial charge in [0.05, 0.1) is 30.7 Å². The second kappa shape index (κ2) is 9.93. The zero-order valence-corrected chi connectivity index (χ0v) is 19.4. The first kappa shape index (κ1) is 22.5. The highest BCUT2D eigenvalue weighted by Crippen LogP contribution is 2.29. The molecular formula is C26H30FN5O2. The van der Waals surface area contributed by atoms with E-state index in [-0.39, 0.29) is 23.7 Å². The van der Waals surface area contributed by atoms with Crippen molar-refractivity contribution < 1.29 is 13.9 Å². The molecule has 1 aromatic carbocycles. The van der Waals surface area contributed by atoms with Gasteiger partial charge in [0.1, 0.15) is 17.7 Å². The third-order valence-electron chi connectivity index (χ3n) is 6.80. The van der Waals surface area contributed by atoms with Crippen LogP contribution in [0.1, 0.15) is 43.9 Å². The summed E-state index contributed by atoms with van der Waals surface area (Å²) in [5.41, 5.74) is 2.54. The van der Waals surface area contributed by atoms with E-state index in [1.54, 1.807) is 18.3 Å². The average molecular weight is 464 g/mol. The van der Waals surface area contributed by atoms with Crippen LogP contribution in [0.3, 0.4) is 0 Å². The summed E-state index contributed by atoms with van der Waals surface area (Å²) in [7, 11) is 1.90. The molecule has 34 heavy (non-hydrogen) atoms. The molecule has 2 aliphatic rings. The quantitative estimate of drug-likeness (QED) is 0.586. The van der Waals surface area contributed by atoms with Crippen molar-refractivity contribution in [2.24, 2.45) is 13.0 Å². The zero-order valence-electron chi connectivity index (χ0n) is 19.4. The normalized spacial score (nSPS) is 19.2. The van der Waals surface area contributed by atoms with E-state index in [0.29, 0.717) is 31.5 Å². The van der Waals surface area contributed by atoms with Crippen LogP contribution in [-0.2, 0) is 16.6 Å². The molecule has 1 aliphatic carbocycles. The molecule has 0 radical (unpaired) electrons. The van der Waals surface area contributed by atoms with Crippen LogP contribution in [0, 0.1) is 11.7 Å². The topological polar surface area (TPSA) is 72.3 Å². The number of rotatable bonds is 5. The minimum atomic E-state index is -0.269. The van der Waals surface area contributed by atoms with E-state index in [2.05, 4.69) is 10.3 Å². The van der Waals surface area contributed by atoms with Crippen LogP contribution in [0.15, 0.2) is 48.7 Å². The number of pyridine rings is 1. The van der Waals surface area contributed by atoms with Crippen molar-refractivity contribution in [2.45, 2.75) is 38.2 Å². The molecule has 1 unspecified atom stereocenters. The summed E-state index contributed by atoms with van der Waals surface area (Å²) < 4.78 is 21.2. The number of anilines is 2. The van der Waals surface area contributed by atoms with Crippen LogP contribution in [0.5, 0.6) is 0 Å². The van der Waals surface area contributed by atoms with E-state index in [1.165, 1.54) is 18.6 Å². The maximum absolute atomic E-state index is 13.3. The van der Waals surface area contributed by atoms with Crippen molar-refractivity contribution in [2.75, 3.05) is 25.0 Å². The van der Waals surface area contributed by atoms with Gasteiger partial charge in [-0.3, -0.25) is 4.79 Å². The molecular weight excluding hydrogens is 433 g/mol. The van der Waals surface area contributed by atoms with Crippen molar-refractivity contribution in [1.82, 2.24) is 19.4 Å². The van der Waals surface area contributed by atoms with Crippen LogP contribution in [0.25, 0.3) is 11.3 Å². The fourth-order valence-corrected chi connectivity index (χ4v) is 4.87. The molecule has 1 aliphatic heterocycles. The lowest BCUT2D eigenvalue weighted by molar-refractivity contribution is -0.144. The lowest BCUT2D eigenvalue weighted by atomic mass is 9.88. The minimum absolute atomic E-state index is 0.159. The third-order valence-corrected chi connectivity index (χ3v) is 6.80. The summed E-state index contributed by atoms with van der Waals surface area (Å²) in [4.78, 5) is 24.2. The zero-order chi connectivity index (χ0) is 23.5. The summed E-state index contributed by atoms with van der Waals surface area (Å²) in [6.07, 6.45) is 7.04. The largest absolute Gasteiger partial charge is 0.368 e. The molecule has 5 rings (SSSR count). The first-order valence-corrected chi connectivity index (χ1v) is 12.0. The summed E-state index contributed by atoms with van der Waals surface area (Å²) in [5.74, 6) is 1.43. The number of benzene rings is 1. The van der Waals surface area contributed by atoms with Gasteiger partial charge in [-0.15, -0.1) is 0 Å². The Kier molecular flexibility index (Phi) is 6.58. The van der Waals surface area contributed by atoms with E-state index in [4.69, 9.17) is 9.72 Å². The lowest BCUT2D eigenvalue weighted by Gasteiger charge is -2.35. The smallest absolute Gasteiger partial charge is 0.225 e. The molecule has 3 heterocycles. The van der Waals surface area contributed by atoms with Gasteiger partial charge in [0.2, 0.25) is 11.9 Å². The highest BCUT2D eigenvalue weighted by molar-refractivity contribution is 5.79. The van der Waals surface area contributed by atoms with Gasteiger partial charge in [-0.05, 0) is 49.2 Å². The number of halogens is 1. The molecule has 3 aromatic rings. The maximum Gasteiger partial charge on any atom is 0.225 e. The molecule has 1 atom stereocenters. The third kappa shape index (κ3) is 4.82. The standard InChI is InChI=1S/C26H30FN5O2/c1-31-22(18-10-12-20(27)13-11-18)16-28-26(31)30-24-9-5-8-21(29-24)23-17-32(14-15-34-23)25(33)19-6-3-2-4-7-19/h5,8-13,16,19,23H,2-4,6-7,14-15,17H2,1H3,(H,28,29,30). The average Bonchev–Trinajstić information content (AvgIpc) is 3.24. The highest BCUT2D eigenvalue weighted by Gasteiger charge is 2.31. The molecule has 7 nitrogen and oxygen atoms in total. The van der Waals surface area contributed by atoms with Gasteiger partial charge in [-0.1, -0.05) is 25.3 Å². The Balaban J connectivity index is 1.28. The van der Waals surface area contributed by atoms with Crippen LogP contribution in [0.2, 0.25) is 0 Å². The van der Waals surface area contributed by atoms with Crippen molar-refractivity contribution in [3.8, 4) is 11.3 Å². The second-order valence-electron chi connectivity index (χ2n) is 9.08. The molecule has 8 heteroatoms. The van der Waals surface area contributed by atoms with Crippen LogP contribution < -0.4 is 5.32 Å². The molecule has 1 amide bonds. The van der Waals surface area contributed by atoms with Crippen molar-refractivity contribution >= 4 is 17.7 Å². The number of carbonyl (C=O) groups excluding carboxylic acids is 1. The number of carbonyl (C=O) groups is 1. The summed E-state index contributed by atoms with van der Waals surface area (Å²) >= 11 is 0. The number of aromatic nitrogens is 3. The van der Waals surface area contributed by atoms with Gasteiger partial charge in [0.15, 0.2) is 0 Å². The molecule has 1 saturated carbocycles. The predicted molar refractivity (Wildman–Crippen MR) is 128 cm³/mol. The van der Waals surface area contributed by atoms with Gasteiger partial charge in [-0.2, -0.15) is 0 Å². The molecule has 2 fully saturated rings. The molecule has 2 aromatic heterocycles. The highest BCUT2D eigenvalue weighted by atomic mass is 19.1. The Labute approximate surface area is 199 Å². The number of amides is 1. The minimum Gasteiger partial charge on any atom is -0.368 e. The Morgan fingerprint density at radius 1 is 1.12 bits per heavy atom. The van der Waals surface area contributed by atoms with Gasteiger partial charge < -0.3 is 19.5 Å². The Morgan fingerprint density at radius 2 is 1.91 bits per heavy atom. The van der Waals surface area contributed by atoms with E-state index >= 15 is 0 Å². The number of ether oxygens (including phenoxy) is 1. The molecule has 1 saturated heterocycles. The van der Waals surface area contributed by atoms with Crippen molar-refractivity contribution in [1.29, 1.82) is 0 Å². The fraction of sp³-hybridized carbons (Fsp3) is 0.423. The van der Waals surface area contributed by atoms with Gasteiger partial charge >= 0.3 is 0 Å². The summed E-state index contributed by atoms with van der Waals surface area (Å²) in [6.45, 7) is 1.69. The SMILES string of the molecule is Cn1c(-c2ccc(F)cc2)cnc1Nc1cccc(C2CN(C(=O)C3CCCCC3)CCO2)n1. The van der Waals surface area contributed by atoms with Crippen LogP contribution >= 0.6 is 0 Å². The number of morpholine rings is 1. The van der Waals surface area contributed by atoms with E-state index in [9.17, 15) is 9.18 Å². The van der Waals surface area contributed by atoms with Crippen LogP contribution in [0.4, 0.5) is 16.2 Å². The van der Waals surface area contributed by atoms with Gasteiger partial charge in [0.25, 0.3) is 0 Å². The Hall–Kier alpha value is -3.26. The van der Waals surface area contributed by atoms with Crippen molar-refractivity contribution in [3.63, 3.8) is 0 Å². The first-order valence-electron chi connectivity index (χ1n) is 12.0. The molecule has 1 N–H and O–H groups in total. The summed E-state index contributed by atoms with van der Waals surface area (Å²) in [5, 5.41) is 3.27. The Bertz CT molecular complexity index is 1140. The maximum atomic E-state index is 13.3. The van der Waals surface area contributed by atoms with E-state index < -0.39 is 0 Å². The number of nitrogens with zero attached hydrogens (tertiary/aromatic N) is 4. The predicted octanol–water partition coefficient (Wildman–Crippen LogP) is 4.85. The van der Waals surface area contributed by atoms with E-state index in [0.717, 1.165) is 42.6 Å². The molecule has 178 valence electrons. The Morgan fingerprint density at radius 3 is 2.71 bits per heavy atom. The number of imidazole rings is 1.